The van der Waals surface area contributed by atoms with E-state index in [1.165, 1.54) is 23.0 Å². The molecular weight excluding hydrogens is 1540 g/mol. The summed E-state index contributed by atoms with van der Waals surface area (Å²) in [7, 11) is 4.66. The zero-order chi connectivity index (χ0) is 86.9. The number of amides is 2. The fourth-order valence-corrected chi connectivity index (χ4v) is 13.2. The van der Waals surface area contributed by atoms with Crippen molar-refractivity contribution in [3.8, 4) is 45.7 Å². The van der Waals surface area contributed by atoms with Crippen molar-refractivity contribution in [1.82, 2.24) is 48.8 Å². The summed E-state index contributed by atoms with van der Waals surface area (Å²) < 4.78 is 33.3. The number of fused-ring (bicyclic) bond motifs is 4. The lowest BCUT2D eigenvalue weighted by atomic mass is 10.1. The molecule has 0 aliphatic heterocycles. The molecule has 6 heterocycles. The Morgan fingerprint density at radius 3 is 1.08 bits per heavy atom. The molecule has 8 aromatic carbocycles. The quantitative estimate of drug-likeness (QED) is 0.0370. The van der Waals surface area contributed by atoms with Gasteiger partial charge in [0, 0.05) is 64.0 Å². The van der Waals surface area contributed by atoms with Crippen LogP contribution in [0.1, 0.15) is 116 Å². The van der Waals surface area contributed by atoms with Crippen molar-refractivity contribution in [3.05, 3.63) is 323 Å². The molecule has 29 heteroatoms. The molecule has 0 radical (unpaired) electrons. The Morgan fingerprint density at radius 2 is 0.750 bits per heavy atom. The molecule has 14 aromatic rings. The number of benzene rings is 8. The van der Waals surface area contributed by atoms with Gasteiger partial charge in [-0.2, -0.15) is 0 Å². The minimum absolute atomic E-state index is 0.0609. The van der Waals surface area contributed by atoms with Crippen LogP contribution in [0.3, 0.4) is 0 Å². The highest BCUT2D eigenvalue weighted by molar-refractivity contribution is 6.32. The summed E-state index contributed by atoms with van der Waals surface area (Å²) in [5.41, 5.74) is 20.9. The number of phenolic OH excluding ortho intramolecular Hbond substituents is 1. The van der Waals surface area contributed by atoms with Crippen LogP contribution >= 0.6 is 11.6 Å². The topological polar surface area (TPSA) is 363 Å². The molecule has 0 unspecified atom stereocenters. The zero-order valence-corrected chi connectivity index (χ0v) is 69.0. The molecule has 10 N–H and O–H groups in total. The number of ether oxygens (including phenoxy) is 5. The molecule has 28 nitrogen and oxygen atoms in total. The smallest absolute Gasteiger partial charge is 0.408 e. The number of hydrogen-bond donors (Lipinski definition) is 7. The number of nitrogens with zero attached hydrogens (tertiary/aromatic N) is 10. The monoisotopic (exact) mass is 1630 g/mol. The fourth-order valence-electron chi connectivity index (χ4n) is 13.0. The molecule has 14 rings (SSSR count). The number of rotatable bonds is 15. The number of carbonyl (C=O) groups excluding carboxylic acids is 2. The van der Waals surface area contributed by atoms with Crippen molar-refractivity contribution in [2.75, 3.05) is 38.1 Å². The van der Waals surface area contributed by atoms with Crippen molar-refractivity contribution >= 4 is 96.0 Å². The first kappa shape index (κ1) is 87.5. The Morgan fingerprint density at radius 1 is 0.442 bits per heavy atom. The summed E-state index contributed by atoms with van der Waals surface area (Å²) >= 11 is 5.48. The lowest BCUT2D eigenvalue weighted by Gasteiger charge is -2.24. The lowest BCUT2D eigenvalue weighted by molar-refractivity contribution is 0.0494. The number of methoxy groups -OCH3 is 3. The molecule has 0 spiro atoms. The van der Waals surface area contributed by atoms with Crippen LogP contribution in [-0.2, 0) is 9.47 Å². The Balaban J connectivity index is 0.000000162. The van der Waals surface area contributed by atoms with Crippen molar-refractivity contribution in [1.29, 1.82) is 0 Å². The van der Waals surface area contributed by atoms with E-state index >= 15 is 0 Å². The van der Waals surface area contributed by atoms with Crippen LogP contribution in [0.2, 0.25) is 5.15 Å². The standard InChI is InChI=1S/C23H20N6O2.C23H26N2O4.C22H24N2O4.C18H18N2O2.C5H3ClN4/c1-14(27-21-17(25-2)13-26-23(24)28-21)18-12-15-8-7-11-19(31-3)20(15)22(30)29(18)16-9-5-4-6-10-16;1-15(24-22(27)29-23(2,3)4)18-14-16-10-9-13-19(28-5)20(16)21(26)25(18)17-11-7-6-8-12-17;1-14(23-21(27)28-22(2,3)4)17-13-15-9-8-12-18(25)19(15)20(26)24(17)16-10-6-5-7-11-16;1-12(19)15-11-13-7-6-10-16(22-2)17(13)18(21)20(15)14-8-4-3-5-9-14;1-8-3-2-9-5(7)10-4(3)6/h4-14H,1,3H3,(H3,24,26,27,28);6-15H,1-5H3,(H,24,27);5-14,25H,1-4H3,(H,23,27);3-12H,19H2,1-2H3;2H,(H2,7,9,10)/t14-;15-;14-;12-;/m0000./s1. The van der Waals surface area contributed by atoms with Gasteiger partial charge in [0.2, 0.25) is 23.3 Å². The van der Waals surface area contributed by atoms with E-state index in [0.717, 1.165) is 33.2 Å². The number of hydrogen-bond acceptors (Lipinski definition) is 20. The highest BCUT2D eigenvalue weighted by Crippen LogP contribution is 2.34. The zero-order valence-electron chi connectivity index (χ0n) is 68.3. The largest absolute Gasteiger partial charge is 0.507 e. The normalized spacial score (nSPS) is 11.9. The first-order valence-corrected chi connectivity index (χ1v) is 38.1. The van der Waals surface area contributed by atoms with Crippen molar-refractivity contribution in [3.63, 3.8) is 0 Å². The summed E-state index contributed by atoms with van der Waals surface area (Å²) in [5, 5.41) is 23.9. The molecule has 2 amide bonds. The third-order valence-corrected chi connectivity index (χ3v) is 18.5. The second-order valence-electron chi connectivity index (χ2n) is 29.2. The molecule has 4 atom stereocenters. The van der Waals surface area contributed by atoms with Crippen molar-refractivity contribution in [2.24, 2.45) is 5.73 Å². The Kier molecular flexibility index (Phi) is 28.2. The molecule has 0 saturated carbocycles. The number of para-hydroxylation sites is 4. The average Bonchev–Trinajstić information content (AvgIpc) is 0.778. The van der Waals surface area contributed by atoms with Crippen LogP contribution in [0, 0.1) is 13.1 Å². The average molecular weight is 1640 g/mol. The number of aromatic nitrogens is 8. The minimum Gasteiger partial charge on any atom is -0.507 e. The van der Waals surface area contributed by atoms with Gasteiger partial charge in [0.1, 0.15) is 45.2 Å². The van der Waals surface area contributed by atoms with Gasteiger partial charge < -0.3 is 61.9 Å². The van der Waals surface area contributed by atoms with E-state index in [2.05, 4.69) is 45.6 Å². The summed E-state index contributed by atoms with van der Waals surface area (Å²) in [4.78, 5) is 99.6. The highest BCUT2D eigenvalue weighted by atomic mass is 35.5. The van der Waals surface area contributed by atoms with E-state index in [1.54, 1.807) is 132 Å². The van der Waals surface area contributed by atoms with Crippen molar-refractivity contribution in [2.45, 2.75) is 105 Å². The van der Waals surface area contributed by atoms with Gasteiger partial charge in [-0.25, -0.2) is 39.2 Å². The molecule has 0 fully saturated rings. The number of halogens is 1. The van der Waals surface area contributed by atoms with Gasteiger partial charge in [0.05, 0.1) is 74.1 Å². The van der Waals surface area contributed by atoms with Gasteiger partial charge in [-0.15, -0.1) is 0 Å². The molecular formula is C91H91ClN16O12. The Labute approximate surface area is 696 Å². The SMILES string of the molecule is COc1cccc2cc([C@H](C)N)n(-c3ccccc3)c(=O)c12.COc1cccc2cc([C@H](C)NC(=O)OC(C)(C)C)n(-c3ccccc3)c(=O)c12.C[C@H](NC(=O)OC(C)(C)C)c1cc2cccc(O)c2c(=O)n1-c1ccccc1.[C-]#[N+]c1cnc(N)nc1Cl.[C-]#[N+]c1cnc(N)nc1N[C@@H](C)c1cc2cccc(OC)c2c(=O)n1-c1ccccc1. The second-order valence-corrected chi connectivity index (χ2v) is 29.5. The van der Waals surface area contributed by atoms with Gasteiger partial charge in [0.15, 0.2) is 0 Å². The number of pyridine rings is 4. The van der Waals surface area contributed by atoms with E-state index in [4.69, 9.17) is 65.6 Å². The minimum atomic E-state index is -0.627. The number of nitrogen functional groups attached to an aromatic ring is 2. The van der Waals surface area contributed by atoms with Crippen LogP contribution in [0.15, 0.2) is 250 Å². The van der Waals surface area contributed by atoms with E-state index < -0.39 is 35.5 Å². The number of alkyl carbamates (subject to hydrolysis) is 2. The number of nitrogens with two attached hydrogens (primary N) is 3. The number of nitrogens with one attached hydrogen (secondary N) is 3. The lowest BCUT2D eigenvalue weighted by Crippen LogP contribution is -2.36. The number of anilines is 3. The first-order chi connectivity index (χ1) is 57.3. The van der Waals surface area contributed by atoms with Crippen LogP contribution < -0.4 is 69.6 Å². The third kappa shape index (κ3) is 20.9. The van der Waals surface area contributed by atoms with Crippen LogP contribution in [0.5, 0.6) is 23.0 Å². The fraction of sp³-hybridized carbons (Fsp3) is 0.209. The first-order valence-electron chi connectivity index (χ1n) is 37.7. The van der Waals surface area contributed by atoms with E-state index in [1.807, 2.05) is 185 Å². The van der Waals surface area contributed by atoms with Gasteiger partial charge in [0.25, 0.3) is 22.2 Å². The van der Waals surface area contributed by atoms with Gasteiger partial charge >= 0.3 is 12.2 Å². The maximum Gasteiger partial charge on any atom is 0.408 e. The van der Waals surface area contributed by atoms with Crippen LogP contribution in [-0.4, -0.2) is 88.0 Å². The number of phenols is 1. The maximum absolute atomic E-state index is 13.6. The predicted octanol–water partition coefficient (Wildman–Crippen LogP) is 17.2. The molecule has 614 valence electrons. The summed E-state index contributed by atoms with van der Waals surface area (Å²) in [6, 6.07) is 64.8. The second kappa shape index (κ2) is 38.7. The summed E-state index contributed by atoms with van der Waals surface area (Å²) in [6.45, 7) is 32.1. The predicted molar refractivity (Wildman–Crippen MR) is 470 cm³/mol. The summed E-state index contributed by atoms with van der Waals surface area (Å²) in [6.07, 6.45) is 1.56. The molecule has 6 aromatic heterocycles. The molecule has 120 heavy (non-hydrogen) atoms. The van der Waals surface area contributed by atoms with Crippen LogP contribution in [0.25, 0.3) is 75.5 Å². The Bertz CT molecular complexity index is 6400. The van der Waals surface area contributed by atoms with E-state index in [0.29, 0.717) is 73.1 Å². The third-order valence-electron chi connectivity index (χ3n) is 18.3. The number of carbonyl (C=O) groups is 2. The maximum atomic E-state index is 13.6. The molecule has 0 saturated heterocycles. The summed E-state index contributed by atoms with van der Waals surface area (Å²) in [5.74, 6) is 1.97. The highest BCUT2D eigenvalue weighted by Gasteiger charge is 2.27. The molecule has 0 aliphatic rings. The van der Waals surface area contributed by atoms with Gasteiger partial charge in [-0.3, -0.25) is 37.4 Å². The molecule has 0 bridgehead atoms. The van der Waals surface area contributed by atoms with Gasteiger partial charge in [-0.05, 0) is 188 Å². The number of aromatic hydroxyl groups is 1. The van der Waals surface area contributed by atoms with Crippen molar-refractivity contribution < 1.29 is 38.4 Å². The van der Waals surface area contributed by atoms with Gasteiger partial charge in [-0.1, -0.05) is 133 Å². The Hall–Kier alpha value is -14.9. The van der Waals surface area contributed by atoms with E-state index in [-0.39, 0.29) is 73.9 Å². The van der Waals surface area contributed by atoms with Crippen LogP contribution in [0.4, 0.5) is 38.7 Å². The van der Waals surface area contributed by atoms with E-state index in [9.17, 15) is 33.9 Å². The molecule has 0 aliphatic carbocycles.